The maximum atomic E-state index is 13.6. The molecule has 10 heteroatoms. The van der Waals surface area contributed by atoms with E-state index in [1.54, 1.807) is 18.4 Å². The number of hydrogen-bond acceptors (Lipinski definition) is 7. The highest BCUT2D eigenvalue weighted by Gasteiger charge is 2.42. The molecule has 206 valence electrons. The summed E-state index contributed by atoms with van der Waals surface area (Å²) in [4.78, 5) is 50.1. The van der Waals surface area contributed by atoms with Gasteiger partial charge in [-0.25, -0.2) is 9.89 Å². The van der Waals surface area contributed by atoms with Crippen LogP contribution in [-0.4, -0.2) is 44.9 Å². The first-order chi connectivity index (χ1) is 19.4. The van der Waals surface area contributed by atoms with Gasteiger partial charge in [0.15, 0.2) is 5.17 Å². The van der Waals surface area contributed by atoms with Crippen molar-refractivity contribution in [2.45, 2.75) is 57.5 Å². The SMILES string of the molecule is CC[C@@H](SC1=Nc2ccccc2C2=N[C@@H](CCC(=O)NCc3ccco3)C(=O)N12)C(=O)NCc1ccc(C)cc1. The minimum Gasteiger partial charge on any atom is -0.467 e. The molecule has 0 bridgehead atoms. The van der Waals surface area contributed by atoms with Crippen molar-refractivity contribution in [3.8, 4) is 0 Å². The zero-order chi connectivity index (χ0) is 28.1. The van der Waals surface area contributed by atoms with E-state index in [1.165, 1.54) is 16.7 Å². The Morgan fingerprint density at radius 2 is 1.85 bits per heavy atom. The predicted molar refractivity (Wildman–Crippen MR) is 155 cm³/mol. The number of carbonyl (C=O) groups is 3. The molecular weight excluding hydrogens is 526 g/mol. The molecule has 40 heavy (non-hydrogen) atoms. The fourth-order valence-electron chi connectivity index (χ4n) is 4.48. The first-order valence-electron chi connectivity index (χ1n) is 13.3. The molecule has 3 aromatic rings. The normalized spacial score (nSPS) is 16.5. The molecule has 1 aromatic heterocycles. The van der Waals surface area contributed by atoms with Crippen molar-refractivity contribution in [1.82, 2.24) is 15.5 Å². The zero-order valence-corrected chi connectivity index (χ0v) is 23.2. The molecular formula is C30H31N5O4S. The Hall–Kier alpha value is -4.18. The lowest BCUT2D eigenvalue weighted by Crippen LogP contribution is -2.43. The summed E-state index contributed by atoms with van der Waals surface area (Å²) in [6.45, 7) is 4.67. The van der Waals surface area contributed by atoms with Gasteiger partial charge in [0.25, 0.3) is 5.91 Å². The Morgan fingerprint density at radius 3 is 2.60 bits per heavy atom. The minimum absolute atomic E-state index is 0.121. The molecule has 0 saturated carbocycles. The summed E-state index contributed by atoms with van der Waals surface area (Å²) in [6.07, 6.45) is 2.51. The molecule has 9 nitrogen and oxygen atoms in total. The Kier molecular flexibility index (Phi) is 8.45. The third-order valence-electron chi connectivity index (χ3n) is 6.73. The molecule has 3 heterocycles. The van der Waals surface area contributed by atoms with E-state index >= 15 is 0 Å². The smallest absolute Gasteiger partial charge is 0.259 e. The van der Waals surface area contributed by atoms with Gasteiger partial charge in [-0.05, 0) is 49.6 Å². The molecule has 0 spiro atoms. The predicted octanol–water partition coefficient (Wildman–Crippen LogP) is 4.47. The average molecular weight is 558 g/mol. The van der Waals surface area contributed by atoms with Gasteiger partial charge in [-0.15, -0.1) is 0 Å². The lowest BCUT2D eigenvalue weighted by molar-refractivity contribution is -0.125. The van der Waals surface area contributed by atoms with Crippen molar-refractivity contribution in [3.05, 3.63) is 89.4 Å². The topological polar surface area (TPSA) is 116 Å². The maximum absolute atomic E-state index is 13.6. The highest BCUT2D eigenvalue weighted by Crippen LogP contribution is 2.35. The molecule has 2 N–H and O–H groups in total. The molecule has 2 atom stereocenters. The van der Waals surface area contributed by atoms with Crippen LogP contribution in [0.2, 0.25) is 0 Å². The van der Waals surface area contributed by atoms with Gasteiger partial charge < -0.3 is 15.1 Å². The van der Waals surface area contributed by atoms with E-state index in [0.717, 1.165) is 16.7 Å². The van der Waals surface area contributed by atoms with Crippen LogP contribution in [-0.2, 0) is 27.5 Å². The number of benzene rings is 2. The monoisotopic (exact) mass is 557 g/mol. The van der Waals surface area contributed by atoms with E-state index < -0.39 is 11.3 Å². The Morgan fingerprint density at radius 1 is 1.05 bits per heavy atom. The van der Waals surface area contributed by atoms with Crippen LogP contribution in [0.5, 0.6) is 0 Å². The van der Waals surface area contributed by atoms with Gasteiger partial charge in [0.2, 0.25) is 11.8 Å². The van der Waals surface area contributed by atoms with Crippen LogP contribution in [0.1, 0.15) is 48.6 Å². The van der Waals surface area contributed by atoms with Crippen molar-refractivity contribution in [1.29, 1.82) is 0 Å². The van der Waals surface area contributed by atoms with Crippen molar-refractivity contribution in [3.63, 3.8) is 0 Å². The van der Waals surface area contributed by atoms with Gasteiger partial charge >= 0.3 is 0 Å². The third kappa shape index (κ3) is 6.17. The quantitative estimate of drug-likeness (QED) is 0.382. The van der Waals surface area contributed by atoms with E-state index in [-0.39, 0.29) is 37.1 Å². The first-order valence-corrected chi connectivity index (χ1v) is 14.2. The van der Waals surface area contributed by atoms with Gasteiger partial charge in [0.1, 0.15) is 17.6 Å². The lowest BCUT2D eigenvalue weighted by atomic mass is 10.1. The number of aryl methyl sites for hydroxylation is 1. The van der Waals surface area contributed by atoms with E-state index in [1.807, 2.05) is 62.4 Å². The minimum atomic E-state index is -0.711. The van der Waals surface area contributed by atoms with Gasteiger partial charge in [-0.1, -0.05) is 60.6 Å². The van der Waals surface area contributed by atoms with Gasteiger partial charge in [0.05, 0.1) is 23.7 Å². The Labute approximate surface area is 237 Å². The number of nitrogens with one attached hydrogen (secondary N) is 2. The molecule has 2 aliphatic rings. The Bertz CT molecular complexity index is 1450. The number of hydrogen-bond donors (Lipinski definition) is 2. The molecule has 0 saturated heterocycles. The summed E-state index contributed by atoms with van der Waals surface area (Å²) in [5, 5.41) is 5.79. The second-order valence-corrected chi connectivity index (χ2v) is 10.8. The van der Waals surface area contributed by atoms with Crippen LogP contribution in [0.4, 0.5) is 5.69 Å². The number of para-hydroxylation sites is 1. The largest absolute Gasteiger partial charge is 0.467 e. The van der Waals surface area contributed by atoms with Crippen LogP contribution < -0.4 is 10.6 Å². The fraction of sp³-hybridized carbons (Fsp3) is 0.300. The number of furan rings is 1. The van der Waals surface area contributed by atoms with Crippen LogP contribution in [0.3, 0.4) is 0 Å². The molecule has 3 amide bonds. The summed E-state index contributed by atoms with van der Waals surface area (Å²) in [6, 6.07) is 18.4. The van der Waals surface area contributed by atoms with Crippen molar-refractivity contribution < 1.29 is 18.8 Å². The molecule has 0 fully saturated rings. The maximum Gasteiger partial charge on any atom is 0.259 e. The second kappa shape index (κ2) is 12.3. The van der Waals surface area contributed by atoms with Crippen LogP contribution >= 0.6 is 11.8 Å². The van der Waals surface area contributed by atoms with Gasteiger partial charge in [0, 0.05) is 18.5 Å². The molecule has 0 unspecified atom stereocenters. The third-order valence-corrected chi connectivity index (χ3v) is 8.05. The number of thioether (sulfide) groups is 1. The van der Waals surface area contributed by atoms with E-state index in [0.29, 0.717) is 35.4 Å². The van der Waals surface area contributed by atoms with E-state index in [9.17, 15) is 14.4 Å². The highest BCUT2D eigenvalue weighted by atomic mass is 32.2. The molecule has 0 radical (unpaired) electrons. The zero-order valence-electron chi connectivity index (χ0n) is 22.4. The summed E-state index contributed by atoms with van der Waals surface area (Å²) in [5.74, 6) is 0.614. The van der Waals surface area contributed by atoms with Crippen molar-refractivity contribution in [2.24, 2.45) is 9.98 Å². The standard InChI is InChI=1S/C30H31N5O4S/c1-3-25(28(37)32-17-20-12-10-19(2)11-13-20)40-30-34-23-9-5-4-8-22(23)27-33-24(29(38)35(27)30)14-15-26(36)31-18-21-7-6-16-39-21/h4-13,16,24-25H,3,14-15,17-18H2,1-2H3,(H,31,36)(H,32,37)/t24-,25+/m0/s1. The summed E-state index contributed by atoms with van der Waals surface area (Å²) in [7, 11) is 0. The van der Waals surface area contributed by atoms with Crippen molar-refractivity contribution in [2.75, 3.05) is 0 Å². The van der Waals surface area contributed by atoms with Crippen LogP contribution in [0.15, 0.2) is 81.3 Å². The number of fused-ring (bicyclic) bond motifs is 3. The number of nitrogens with zero attached hydrogens (tertiary/aromatic N) is 3. The summed E-state index contributed by atoms with van der Waals surface area (Å²) < 4.78 is 5.25. The van der Waals surface area contributed by atoms with Gasteiger partial charge in [-0.2, -0.15) is 0 Å². The second-order valence-electron chi connectivity index (χ2n) is 9.67. The van der Waals surface area contributed by atoms with Crippen LogP contribution in [0, 0.1) is 6.92 Å². The van der Waals surface area contributed by atoms with Crippen LogP contribution in [0.25, 0.3) is 0 Å². The highest BCUT2D eigenvalue weighted by molar-refractivity contribution is 8.15. The fourth-order valence-corrected chi connectivity index (χ4v) is 5.53. The van der Waals surface area contributed by atoms with E-state index in [2.05, 4.69) is 10.6 Å². The lowest BCUT2D eigenvalue weighted by Gasteiger charge is -2.27. The molecule has 2 aliphatic heterocycles. The molecule has 2 aromatic carbocycles. The van der Waals surface area contributed by atoms with E-state index in [4.69, 9.17) is 14.4 Å². The molecule has 5 rings (SSSR count). The average Bonchev–Trinajstić information content (AvgIpc) is 3.61. The number of rotatable bonds is 10. The first kappa shape index (κ1) is 27.4. The Balaban J connectivity index is 1.27. The molecule has 0 aliphatic carbocycles. The summed E-state index contributed by atoms with van der Waals surface area (Å²) in [5.41, 5.74) is 3.62. The number of amides is 3. The van der Waals surface area contributed by atoms with Gasteiger partial charge in [-0.3, -0.25) is 19.4 Å². The number of amidine groups is 2. The number of carbonyl (C=O) groups excluding carboxylic acids is 3. The number of aliphatic imine (C=N–C) groups is 2. The summed E-state index contributed by atoms with van der Waals surface area (Å²) >= 11 is 1.26. The van der Waals surface area contributed by atoms with Crippen molar-refractivity contribution >= 4 is 46.2 Å².